The Morgan fingerprint density at radius 2 is 2.33 bits per heavy atom. The Bertz CT molecular complexity index is 448. The molecule has 1 aromatic rings. The summed E-state index contributed by atoms with van der Waals surface area (Å²) < 4.78 is 5.58. The highest BCUT2D eigenvalue weighted by Crippen LogP contribution is 2.26. The second-order valence-electron chi connectivity index (χ2n) is 4.56. The zero-order valence-corrected chi connectivity index (χ0v) is 10.4. The maximum Gasteiger partial charge on any atom is 0.335 e. The summed E-state index contributed by atoms with van der Waals surface area (Å²) in [5, 5.41) is 8.91. The average Bonchev–Trinajstić information content (AvgIpc) is 2.53. The minimum atomic E-state index is -0.958. The Morgan fingerprint density at radius 3 is 3.00 bits per heavy atom. The van der Waals surface area contributed by atoms with Crippen LogP contribution in [0, 0.1) is 0 Å². The van der Waals surface area contributed by atoms with Crippen molar-refractivity contribution in [3.8, 4) is 0 Å². The van der Waals surface area contributed by atoms with Gasteiger partial charge in [0.1, 0.15) is 0 Å². The number of benzene rings is 1. The van der Waals surface area contributed by atoms with Crippen molar-refractivity contribution in [1.82, 2.24) is 0 Å². The van der Waals surface area contributed by atoms with Crippen LogP contribution in [0.1, 0.15) is 23.7 Å². The molecule has 0 aliphatic carbocycles. The minimum Gasteiger partial charge on any atom is -0.478 e. The summed E-state index contributed by atoms with van der Waals surface area (Å²) in [6, 6.07) is 4.87. The number of nitrogens with zero attached hydrogens (tertiary/aromatic N) is 1. The first-order valence-corrected chi connectivity index (χ1v) is 6.07. The normalized spacial score (nSPS) is 20.5. The third kappa shape index (κ3) is 2.73. The van der Waals surface area contributed by atoms with Crippen LogP contribution >= 0.6 is 0 Å². The third-order valence-corrected chi connectivity index (χ3v) is 3.07. The van der Waals surface area contributed by atoms with Crippen molar-refractivity contribution in [2.24, 2.45) is 0 Å². The molecule has 0 aromatic heterocycles. The molecule has 0 bridgehead atoms. The molecule has 2 rings (SSSR count). The van der Waals surface area contributed by atoms with Gasteiger partial charge in [0, 0.05) is 19.7 Å². The van der Waals surface area contributed by atoms with E-state index in [4.69, 9.17) is 15.6 Å². The SMILES string of the molecule is CC1CN(c2ccc(C(=O)O)cc2N)CCCO1. The van der Waals surface area contributed by atoms with Crippen LogP contribution in [0.2, 0.25) is 0 Å². The Balaban J connectivity index is 2.24. The maximum atomic E-state index is 10.9. The van der Waals surface area contributed by atoms with E-state index in [1.54, 1.807) is 12.1 Å². The lowest BCUT2D eigenvalue weighted by Crippen LogP contribution is -2.30. The van der Waals surface area contributed by atoms with Crippen LogP contribution in [0.15, 0.2) is 18.2 Å². The molecule has 5 nitrogen and oxygen atoms in total. The van der Waals surface area contributed by atoms with Crippen LogP contribution in [0.3, 0.4) is 0 Å². The van der Waals surface area contributed by atoms with E-state index in [-0.39, 0.29) is 11.7 Å². The molecular formula is C13H18N2O3. The maximum absolute atomic E-state index is 10.9. The van der Waals surface area contributed by atoms with Gasteiger partial charge >= 0.3 is 5.97 Å². The van der Waals surface area contributed by atoms with E-state index >= 15 is 0 Å². The highest BCUT2D eigenvalue weighted by atomic mass is 16.5. The lowest BCUT2D eigenvalue weighted by molar-refractivity contribution is 0.0696. The fourth-order valence-electron chi connectivity index (χ4n) is 2.19. The van der Waals surface area contributed by atoms with Gasteiger partial charge < -0.3 is 20.5 Å². The van der Waals surface area contributed by atoms with E-state index in [1.165, 1.54) is 6.07 Å². The quantitative estimate of drug-likeness (QED) is 0.779. The molecule has 0 spiro atoms. The Labute approximate surface area is 106 Å². The highest BCUT2D eigenvalue weighted by Gasteiger charge is 2.18. The molecule has 1 heterocycles. The standard InChI is InChI=1S/C13H18N2O3/c1-9-8-15(5-2-6-18-9)12-4-3-10(13(16)17)7-11(12)14/h3-4,7,9H,2,5-6,8,14H2,1H3,(H,16,17). The van der Waals surface area contributed by atoms with Gasteiger partial charge in [-0.1, -0.05) is 0 Å². The number of rotatable bonds is 2. The van der Waals surface area contributed by atoms with Gasteiger partial charge in [0.05, 0.1) is 23.0 Å². The van der Waals surface area contributed by atoms with Crippen LogP contribution in [-0.2, 0) is 4.74 Å². The molecule has 18 heavy (non-hydrogen) atoms. The summed E-state index contributed by atoms with van der Waals surface area (Å²) in [6.07, 6.45) is 1.11. The average molecular weight is 250 g/mol. The molecule has 3 N–H and O–H groups in total. The molecule has 5 heteroatoms. The van der Waals surface area contributed by atoms with Crippen LogP contribution in [0.4, 0.5) is 11.4 Å². The summed E-state index contributed by atoms with van der Waals surface area (Å²) in [6.45, 7) is 4.43. The molecule has 1 aliphatic heterocycles. The van der Waals surface area contributed by atoms with Gasteiger partial charge in [-0.3, -0.25) is 0 Å². The number of carbonyl (C=O) groups is 1. The summed E-state index contributed by atoms with van der Waals surface area (Å²) in [4.78, 5) is 13.0. The number of aromatic carboxylic acids is 1. The first-order valence-electron chi connectivity index (χ1n) is 6.07. The predicted molar refractivity (Wildman–Crippen MR) is 70.1 cm³/mol. The third-order valence-electron chi connectivity index (χ3n) is 3.07. The van der Waals surface area contributed by atoms with Crippen LogP contribution in [0.25, 0.3) is 0 Å². The van der Waals surface area contributed by atoms with Gasteiger partial charge in [0.2, 0.25) is 0 Å². The molecule has 0 amide bonds. The molecular weight excluding hydrogens is 232 g/mol. The summed E-state index contributed by atoms with van der Waals surface area (Å²) in [5.41, 5.74) is 7.55. The van der Waals surface area contributed by atoms with E-state index in [1.807, 2.05) is 6.92 Å². The van der Waals surface area contributed by atoms with E-state index in [2.05, 4.69) is 4.90 Å². The zero-order chi connectivity index (χ0) is 13.1. The molecule has 1 atom stereocenters. The Kier molecular flexibility index (Phi) is 3.72. The number of anilines is 2. The number of nitrogen functional groups attached to an aromatic ring is 1. The van der Waals surface area contributed by atoms with Crippen LogP contribution in [-0.4, -0.2) is 36.9 Å². The van der Waals surface area contributed by atoms with Crippen LogP contribution < -0.4 is 10.6 Å². The van der Waals surface area contributed by atoms with Crippen molar-refractivity contribution in [3.63, 3.8) is 0 Å². The van der Waals surface area contributed by atoms with Gasteiger partial charge in [-0.05, 0) is 31.5 Å². The Morgan fingerprint density at radius 1 is 1.56 bits per heavy atom. The van der Waals surface area contributed by atoms with Gasteiger partial charge in [-0.25, -0.2) is 4.79 Å². The van der Waals surface area contributed by atoms with Gasteiger partial charge in [0.25, 0.3) is 0 Å². The minimum absolute atomic E-state index is 0.158. The summed E-state index contributed by atoms with van der Waals surface area (Å²) in [5.74, 6) is -0.958. The number of carboxylic acid groups (broad SMARTS) is 1. The zero-order valence-electron chi connectivity index (χ0n) is 10.4. The van der Waals surface area contributed by atoms with Gasteiger partial charge in [-0.15, -0.1) is 0 Å². The number of hydrogen-bond donors (Lipinski definition) is 2. The fourth-order valence-corrected chi connectivity index (χ4v) is 2.19. The smallest absolute Gasteiger partial charge is 0.335 e. The number of nitrogens with two attached hydrogens (primary N) is 1. The topological polar surface area (TPSA) is 75.8 Å². The first-order chi connectivity index (χ1) is 8.58. The molecule has 1 fully saturated rings. The molecule has 1 saturated heterocycles. The van der Waals surface area contributed by atoms with Crippen molar-refractivity contribution >= 4 is 17.3 Å². The van der Waals surface area contributed by atoms with Gasteiger partial charge in [0.15, 0.2) is 0 Å². The molecule has 98 valence electrons. The van der Waals surface area contributed by atoms with E-state index in [0.717, 1.165) is 31.8 Å². The first kappa shape index (κ1) is 12.7. The molecule has 0 radical (unpaired) electrons. The lowest BCUT2D eigenvalue weighted by Gasteiger charge is -2.25. The number of carboxylic acids is 1. The van der Waals surface area contributed by atoms with E-state index in [9.17, 15) is 4.79 Å². The van der Waals surface area contributed by atoms with Crippen molar-refractivity contribution in [3.05, 3.63) is 23.8 Å². The number of ether oxygens (including phenoxy) is 1. The summed E-state index contributed by atoms with van der Waals surface area (Å²) >= 11 is 0. The van der Waals surface area contributed by atoms with Crippen LogP contribution in [0.5, 0.6) is 0 Å². The van der Waals surface area contributed by atoms with Crippen molar-refractivity contribution in [2.45, 2.75) is 19.4 Å². The van der Waals surface area contributed by atoms with E-state index < -0.39 is 5.97 Å². The van der Waals surface area contributed by atoms with Crippen molar-refractivity contribution in [1.29, 1.82) is 0 Å². The lowest BCUT2D eigenvalue weighted by atomic mass is 10.1. The fraction of sp³-hybridized carbons (Fsp3) is 0.462. The molecule has 0 saturated carbocycles. The predicted octanol–water partition coefficient (Wildman–Crippen LogP) is 1.58. The van der Waals surface area contributed by atoms with E-state index in [0.29, 0.717) is 5.69 Å². The molecule has 1 aliphatic rings. The molecule has 1 aromatic carbocycles. The molecule has 1 unspecified atom stereocenters. The van der Waals surface area contributed by atoms with Gasteiger partial charge in [-0.2, -0.15) is 0 Å². The second kappa shape index (κ2) is 5.27. The Hall–Kier alpha value is -1.75. The highest BCUT2D eigenvalue weighted by molar-refractivity contribution is 5.90. The number of hydrogen-bond acceptors (Lipinski definition) is 4. The van der Waals surface area contributed by atoms with Crippen molar-refractivity contribution in [2.75, 3.05) is 30.3 Å². The largest absolute Gasteiger partial charge is 0.478 e. The summed E-state index contributed by atoms with van der Waals surface area (Å²) in [7, 11) is 0. The monoisotopic (exact) mass is 250 g/mol. The van der Waals surface area contributed by atoms with Crippen molar-refractivity contribution < 1.29 is 14.6 Å². The second-order valence-corrected chi connectivity index (χ2v) is 4.56.